The van der Waals surface area contributed by atoms with E-state index in [4.69, 9.17) is 0 Å². The fraction of sp³-hybridized carbons (Fsp3) is 0.516. The zero-order chi connectivity index (χ0) is 49.0. The maximum Gasteiger partial charge on any atom is 0.132 e. The zero-order valence-electron chi connectivity index (χ0n) is 43.4. The molecule has 0 aliphatic rings. The molecule has 0 spiro atoms. The van der Waals surface area contributed by atoms with Crippen molar-refractivity contribution < 1.29 is 8.78 Å². The normalized spacial score (nSPS) is 12.1. The van der Waals surface area contributed by atoms with Gasteiger partial charge >= 0.3 is 0 Å². The molecule has 0 bridgehead atoms. The second-order valence-electron chi connectivity index (χ2n) is 20.1. The predicted molar refractivity (Wildman–Crippen MR) is 309 cm³/mol. The third-order valence-electron chi connectivity index (χ3n) is 14.6. The molecule has 0 saturated heterocycles. The summed E-state index contributed by atoms with van der Waals surface area (Å²) in [6.07, 6.45) is 28.1. The third-order valence-corrected chi connectivity index (χ3v) is 19.6. The lowest BCUT2D eigenvalue weighted by molar-refractivity contribution is 0.632. The van der Waals surface area contributed by atoms with Crippen LogP contribution in [0.5, 0.6) is 0 Å². The van der Waals surface area contributed by atoms with Crippen molar-refractivity contribution in [3.05, 3.63) is 93.2 Å². The first kappa shape index (κ1) is 52.8. The second kappa shape index (κ2) is 25.9. The number of rotatable bonds is 30. The predicted octanol–water partition coefficient (Wildman–Crippen LogP) is 22.0. The van der Waals surface area contributed by atoms with Crippen LogP contribution in [0.15, 0.2) is 60.7 Å². The summed E-state index contributed by atoms with van der Waals surface area (Å²) in [5, 5.41) is 1.86. The average Bonchev–Trinajstić information content (AvgIpc) is 4.24. The van der Waals surface area contributed by atoms with E-state index < -0.39 is 0 Å². The number of aryl methyl sites for hydroxylation is 6. The van der Waals surface area contributed by atoms with Crippen molar-refractivity contribution in [3.63, 3.8) is 0 Å². The molecule has 0 fully saturated rings. The van der Waals surface area contributed by atoms with Gasteiger partial charge in [0.05, 0.1) is 22.1 Å². The highest BCUT2D eigenvalue weighted by molar-refractivity contribution is 7.24. The quantitative estimate of drug-likeness (QED) is 0.0397. The Morgan fingerprint density at radius 3 is 1.11 bits per heavy atom. The van der Waals surface area contributed by atoms with Crippen LogP contribution in [0, 0.1) is 11.6 Å². The number of unbranched alkanes of at least 4 members (excludes halogenated alkanes) is 14. The van der Waals surface area contributed by atoms with E-state index in [1.54, 1.807) is 22.7 Å². The first-order valence-corrected chi connectivity index (χ1v) is 31.0. The molecule has 0 unspecified atom stereocenters. The number of hydrogen-bond acceptors (Lipinski definition) is 4. The first-order chi connectivity index (χ1) is 34.3. The molecular weight excluding hydrogens is 939 g/mol. The van der Waals surface area contributed by atoms with Gasteiger partial charge in [0.15, 0.2) is 0 Å². The smallest absolute Gasteiger partial charge is 0.132 e. The highest BCUT2D eigenvalue weighted by Gasteiger charge is 2.26. The van der Waals surface area contributed by atoms with E-state index in [0.717, 1.165) is 120 Å². The molecule has 0 N–H and O–H groups in total. The van der Waals surface area contributed by atoms with Crippen LogP contribution < -0.4 is 0 Å². The van der Waals surface area contributed by atoms with Crippen molar-refractivity contribution in [1.29, 1.82) is 0 Å². The van der Waals surface area contributed by atoms with Gasteiger partial charge in [0.25, 0.3) is 0 Å². The summed E-state index contributed by atoms with van der Waals surface area (Å²) in [6.45, 7) is 15.1. The van der Waals surface area contributed by atoms with Crippen molar-refractivity contribution in [2.24, 2.45) is 0 Å². The topological polar surface area (TPSA) is 9.86 Å². The average molecular weight is 1020 g/mol. The van der Waals surface area contributed by atoms with Crippen LogP contribution in [0.2, 0.25) is 0 Å². The summed E-state index contributed by atoms with van der Waals surface area (Å²) in [7, 11) is 0. The number of hydrogen-bond donors (Lipinski definition) is 0. The van der Waals surface area contributed by atoms with Gasteiger partial charge in [-0.2, -0.15) is 0 Å². The Labute approximate surface area is 435 Å². The van der Waals surface area contributed by atoms with Crippen molar-refractivity contribution in [3.8, 4) is 40.4 Å². The SMILES string of the molecule is CCCCCCc1ccc(-c2sc(-c3cc4c(cc3F)c3c(c5cc(F)c(-c6cc(CCCCCC)c(-c7ccc(CCCCCC)s7)s6)cc5n3CCCC)n4CCCC)cc2CCCCCC)s1. The number of aromatic nitrogens is 2. The molecule has 6 aromatic heterocycles. The molecule has 6 heterocycles. The van der Waals surface area contributed by atoms with Crippen LogP contribution in [0.1, 0.15) is 191 Å². The van der Waals surface area contributed by atoms with Crippen molar-refractivity contribution >= 4 is 78.2 Å². The first-order valence-electron chi connectivity index (χ1n) is 27.7. The van der Waals surface area contributed by atoms with Crippen molar-refractivity contribution in [1.82, 2.24) is 9.13 Å². The Kier molecular flexibility index (Phi) is 19.5. The van der Waals surface area contributed by atoms with E-state index in [1.807, 2.05) is 34.8 Å². The van der Waals surface area contributed by atoms with E-state index >= 15 is 8.78 Å². The van der Waals surface area contributed by atoms with Crippen LogP contribution in [-0.4, -0.2) is 9.13 Å². The number of benzene rings is 2. The third kappa shape index (κ3) is 12.1. The largest absolute Gasteiger partial charge is 0.339 e. The van der Waals surface area contributed by atoms with Gasteiger partial charge in [-0.15, -0.1) is 45.3 Å². The van der Waals surface area contributed by atoms with E-state index in [0.29, 0.717) is 11.1 Å². The fourth-order valence-corrected chi connectivity index (χ4v) is 15.4. The van der Waals surface area contributed by atoms with E-state index in [1.165, 1.54) is 130 Å². The fourth-order valence-electron chi connectivity index (χ4n) is 10.6. The monoisotopic (exact) mass is 1020 g/mol. The lowest BCUT2D eigenvalue weighted by atomic mass is 10.0. The summed E-state index contributed by atoms with van der Waals surface area (Å²) in [5.41, 5.74) is 8.24. The minimum Gasteiger partial charge on any atom is -0.339 e. The van der Waals surface area contributed by atoms with Gasteiger partial charge in [0.1, 0.15) is 11.6 Å². The molecule has 70 heavy (non-hydrogen) atoms. The van der Waals surface area contributed by atoms with E-state index in [-0.39, 0.29) is 11.6 Å². The Bertz CT molecular complexity index is 2710. The van der Waals surface area contributed by atoms with Crippen LogP contribution >= 0.6 is 45.3 Å². The zero-order valence-corrected chi connectivity index (χ0v) is 46.7. The maximum absolute atomic E-state index is 17.2. The Balaban J connectivity index is 1.23. The molecule has 0 aliphatic carbocycles. The molecule has 376 valence electrons. The van der Waals surface area contributed by atoms with Crippen molar-refractivity contribution in [2.75, 3.05) is 0 Å². The Morgan fingerprint density at radius 1 is 0.371 bits per heavy atom. The van der Waals surface area contributed by atoms with Gasteiger partial charge in [-0.25, -0.2) is 8.78 Å². The molecule has 2 aromatic carbocycles. The molecule has 0 radical (unpaired) electrons. The van der Waals surface area contributed by atoms with Gasteiger partial charge in [-0.05, 0) is 136 Å². The number of nitrogens with zero attached hydrogens (tertiary/aromatic N) is 2. The summed E-state index contributed by atoms with van der Waals surface area (Å²) >= 11 is 7.40. The van der Waals surface area contributed by atoms with Gasteiger partial charge < -0.3 is 9.13 Å². The molecule has 0 atom stereocenters. The molecule has 8 rings (SSSR count). The van der Waals surface area contributed by atoms with Crippen LogP contribution in [0.4, 0.5) is 8.78 Å². The van der Waals surface area contributed by atoms with Gasteiger partial charge in [0, 0.05) is 74.0 Å². The number of fused-ring (bicyclic) bond motifs is 5. The summed E-state index contributed by atoms with van der Waals surface area (Å²) in [5.74, 6) is -0.353. The highest BCUT2D eigenvalue weighted by atomic mass is 32.1. The maximum atomic E-state index is 17.2. The Morgan fingerprint density at radius 2 is 0.743 bits per heavy atom. The molecule has 2 nitrogen and oxygen atoms in total. The molecule has 8 aromatic rings. The van der Waals surface area contributed by atoms with E-state index in [2.05, 4.69) is 99.2 Å². The highest BCUT2D eigenvalue weighted by Crippen LogP contribution is 2.48. The molecule has 8 heteroatoms. The van der Waals surface area contributed by atoms with Crippen LogP contribution in [0.3, 0.4) is 0 Å². The minimum atomic E-state index is -0.176. The number of halogens is 2. The van der Waals surface area contributed by atoms with E-state index in [9.17, 15) is 0 Å². The molecule has 0 saturated carbocycles. The van der Waals surface area contributed by atoms with Gasteiger partial charge in [-0.1, -0.05) is 131 Å². The van der Waals surface area contributed by atoms with Crippen LogP contribution in [0.25, 0.3) is 73.2 Å². The van der Waals surface area contributed by atoms with Gasteiger partial charge in [-0.3, -0.25) is 0 Å². The summed E-state index contributed by atoms with van der Waals surface area (Å²) in [6, 6.07) is 21.8. The summed E-state index contributed by atoms with van der Waals surface area (Å²) < 4.78 is 39.3. The van der Waals surface area contributed by atoms with Crippen LogP contribution in [-0.2, 0) is 38.8 Å². The second-order valence-corrected chi connectivity index (χ2v) is 24.6. The standard InChI is InChI=1S/C62H80F2N2S4/c1-7-13-19-23-27-43-37-57(69-61(43)55-33-31-45(67-55)29-25-21-15-9-3)47-41-53-49(39-51(47)63)59-60(65(53)35-17-11-5)50-40-52(64)48(42-54(50)66(59)36-18-12-6)58-38-44(28-24-20-14-8-2)62(70-58)56-34-32-46(68-56)30-26-22-16-10-4/h31-34,37-42H,7-30,35-36H2,1-6H3. The van der Waals surface area contributed by atoms with Crippen molar-refractivity contribution in [2.45, 2.75) is 209 Å². The summed E-state index contributed by atoms with van der Waals surface area (Å²) in [4.78, 5) is 10.2. The molecule has 0 amide bonds. The minimum absolute atomic E-state index is 0.176. The molecular formula is C62H80F2N2S4. The van der Waals surface area contributed by atoms with Gasteiger partial charge in [0.2, 0.25) is 0 Å². The number of thiophene rings is 4. The Hall–Kier alpha value is -3.56. The molecule has 0 aliphatic heterocycles. The lowest BCUT2D eigenvalue weighted by Gasteiger charge is -2.11. The lowest BCUT2D eigenvalue weighted by Crippen LogP contribution is -1.99.